The zero-order valence-corrected chi connectivity index (χ0v) is 12.1. The van der Waals surface area contributed by atoms with Crippen LogP contribution in [0.1, 0.15) is 20.8 Å². The molecule has 1 aromatic rings. The zero-order valence-electron chi connectivity index (χ0n) is 10.3. The predicted molar refractivity (Wildman–Crippen MR) is 64.7 cm³/mol. The van der Waals surface area contributed by atoms with Crippen LogP contribution in [0.15, 0.2) is 24.5 Å². The van der Waals surface area contributed by atoms with E-state index in [9.17, 15) is 10.1 Å². The summed E-state index contributed by atoms with van der Waals surface area (Å²) in [6, 6.07) is 2.69. The van der Waals surface area contributed by atoms with Gasteiger partial charge in [-0.05, 0) is 0 Å². The molecule has 0 spiro atoms. The van der Waals surface area contributed by atoms with E-state index >= 15 is 0 Å². The number of nitrogens with zero attached hydrogens (tertiary/aromatic N) is 2. The second-order valence-corrected chi connectivity index (χ2v) is 2.96. The van der Waals surface area contributed by atoms with Crippen molar-refractivity contribution in [3.05, 3.63) is 40.6 Å². The van der Waals surface area contributed by atoms with Crippen LogP contribution in [-0.4, -0.2) is 23.5 Å². The van der Waals surface area contributed by atoms with E-state index in [0.717, 1.165) is 0 Å². The molecule has 0 bridgehead atoms. The van der Waals surface area contributed by atoms with Gasteiger partial charge < -0.3 is 15.5 Å². The summed E-state index contributed by atoms with van der Waals surface area (Å²) in [6.07, 6.45) is 2.77. The molecule has 0 saturated carbocycles. The second-order valence-electron chi connectivity index (χ2n) is 2.96. The number of carbonyl (C=O) groups excluding carboxylic acids is 2. The Balaban J connectivity index is -0.0000000937. The van der Waals surface area contributed by atoms with Gasteiger partial charge in [-0.25, -0.2) is 0 Å². The van der Waals surface area contributed by atoms with E-state index in [0.29, 0.717) is 0 Å². The van der Waals surface area contributed by atoms with Crippen molar-refractivity contribution in [2.45, 2.75) is 20.8 Å². The van der Waals surface area contributed by atoms with Gasteiger partial charge in [0, 0.05) is 24.5 Å². The Morgan fingerprint density at radius 3 is 1.56 bits per heavy atom. The Morgan fingerprint density at radius 2 is 1.39 bits per heavy atom. The van der Waals surface area contributed by atoms with Crippen molar-refractivity contribution in [3.8, 4) is 0 Å². The van der Waals surface area contributed by atoms with Crippen LogP contribution in [0.2, 0.25) is 0 Å². The quantitative estimate of drug-likeness (QED) is 0.257. The summed E-state index contributed by atoms with van der Waals surface area (Å²) in [5.74, 6) is 1.42. The molecule has 1 radical (unpaired) electrons. The topological polar surface area (TPSA) is 90.2 Å². The molecule has 0 aliphatic carbocycles. The zero-order chi connectivity index (χ0) is 14.3. The molecule has 0 N–H and O–H groups in total. The minimum atomic E-state index is -0.457. The molecule has 1 rings (SSSR count). The van der Waals surface area contributed by atoms with E-state index in [4.69, 9.17) is 9.59 Å². The van der Waals surface area contributed by atoms with E-state index in [1.165, 1.54) is 30.4 Å². The summed E-state index contributed by atoms with van der Waals surface area (Å²) >= 11 is 0. The molecule has 0 atom stereocenters. The summed E-state index contributed by atoms with van der Waals surface area (Å²) in [7, 11) is 0. The Kier molecular flexibility index (Phi) is 29.4. The molecule has 6 nitrogen and oxygen atoms in total. The van der Waals surface area contributed by atoms with Crippen molar-refractivity contribution < 1.29 is 34.0 Å². The van der Waals surface area contributed by atoms with Crippen LogP contribution in [-0.2, 0) is 29.1 Å². The van der Waals surface area contributed by atoms with E-state index in [2.05, 4.69) is 39.3 Å². The monoisotopic (exact) mass is 341 g/mol. The maximum Gasteiger partial charge on any atom is 3.00 e. The number of rotatable bonds is 1. The van der Waals surface area contributed by atoms with Gasteiger partial charge in [-0.1, -0.05) is 0 Å². The van der Waals surface area contributed by atoms with E-state index < -0.39 is 4.92 Å². The fourth-order valence-electron chi connectivity index (χ4n) is 0.466. The molecular weight excluding hydrogens is 325 g/mol. The first-order chi connectivity index (χ1) is 8.04. The van der Waals surface area contributed by atoms with Crippen molar-refractivity contribution >= 4 is 19.3 Å². The van der Waals surface area contributed by atoms with Crippen LogP contribution in [0, 0.1) is 16.0 Å². The number of nitro groups is 1. The van der Waals surface area contributed by atoms with Crippen LogP contribution in [0.3, 0.4) is 0 Å². The number of hydrogen-bond acceptors (Lipinski definition) is 5. The summed E-state index contributed by atoms with van der Waals surface area (Å²) < 4.78 is 0. The van der Waals surface area contributed by atoms with Crippen molar-refractivity contribution in [3.63, 3.8) is 0 Å². The van der Waals surface area contributed by atoms with Gasteiger partial charge in [-0.3, -0.25) is 28.7 Å². The molecule has 0 aromatic carbocycles. The Hall–Kier alpha value is -1.49. The van der Waals surface area contributed by atoms with Gasteiger partial charge in [-0.2, -0.15) is 20.8 Å². The number of pyridine rings is 1. The molecule has 1 heterocycles. The van der Waals surface area contributed by atoms with Gasteiger partial charge in [0.05, 0.1) is 4.92 Å². The maximum atomic E-state index is 9.98. The molecule has 0 fully saturated rings. The molecule has 0 amide bonds. The summed E-state index contributed by atoms with van der Waals surface area (Å²) in [5.41, 5.74) is 0.0741. The predicted octanol–water partition coefficient (Wildman–Crippen LogP) is 2.06. The van der Waals surface area contributed by atoms with Gasteiger partial charge in [-0.15, -0.1) is 0 Å². The smallest absolute Gasteiger partial charge is 0.545 e. The van der Waals surface area contributed by atoms with E-state index in [1.54, 1.807) is 0 Å². The fourth-order valence-corrected chi connectivity index (χ4v) is 0.466. The fraction of sp³-hybridized carbons (Fsp3) is 0.273. The number of hydrogen-bond donors (Lipinski definition) is 0. The average molecular weight is 340 g/mol. The Morgan fingerprint density at radius 1 is 1.11 bits per heavy atom. The Bertz CT molecular complexity index is 279. The number of aromatic nitrogens is 1. The van der Waals surface area contributed by atoms with E-state index in [-0.39, 0.29) is 25.2 Å². The van der Waals surface area contributed by atoms with Gasteiger partial charge in [0.1, 0.15) is 0 Å². The van der Waals surface area contributed by atoms with Crippen LogP contribution in [0.5, 0.6) is 0 Å². The molecule has 101 valence electrons. The van der Waals surface area contributed by atoms with Gasteiger partial charge in [0.2, 0.25) is 0 Å². The minimum absolute atomic E-state index is 0. The summed E-state index contributed by atoms with van der Waals surface area (Å²) in [5, 5.41) is 9.98. The molecule has 0 unspecified atom stereocenters. The minimum Gasteiger partial charge on any atom is -0.545 e. The first-order valence-electron chi connectivity index (χ1n) is 4.32. The third kappa shape index (κ3) is 24.0. The van der Waals surface area contributed by atoms with Crippen LogP contribution in [0.25, 0.3) is 0 Å². The third-order valence-corrected chi connectivity index (χ3v) is 0.874. The van der Waals surface area contributed by atoms with Crippen molar-refractivity contribution in [2.75, 3.05) is 0 Å². The van der Waals surface area contributed by atoms with Crippen molar-refractivity contribution in [1.82, 2.24) is 4.98 Å². The second kappa shape index (κ2) is 20.9. The summed E-state index contributed by atoms with van der Waals surface area (Å²) in [4.78, 5) is 28.6. The Labute approximate surface area is 120 Å². The van der Waals surface area contributed by atoms with Crippen molar-refractivity contribution in [2.24, 2.45) is 0 Å². The molecule has 18 heavy (non-hydrogen) atoms. The van der Waals surface area contributed by atoms with Crippen molar-refractivity contribution in [1.29, 1.82) is 0 Å². The molecule has 1 aromatic heterocycles. The first kappa shape index (κ1) is 25.4. The largest absolute Gasteiger partial charge is 3.00 e. The summed E-state index contributed by atoms with van der Waals surface area (Å²) in [6.45, 7) is 12.8. The van der Waals surface area contributed by atoms with Crippen LogP contribution >= 0.6 is 0 Å². The van der Waals surface area contributed by atoms with Gasteiger partial charge >= 0.3 is 19.5 Å². The third-order valence-electron chi connectivity index (χ3n) is 0.874. The SMILES string of the molecule is C[C-](C)C.O=[N+]([O-])c1ccncc1.[CH-]=O.[CH-]=O.[Ru+3]. The maximum absolute atomic E-state index is 9.98. The van der Waals surface area contributed by atoms with Crippen LogP contribution < -0.4 is 0 Å². The standard InChI is InChI=1S/C5H4N2O2.C4H9.2CHO.Ru/c8-7(9)5-1-3-6-4-2-5;1-4(2)3;2*1-2;/h1-4H;1-3H3;2*1H;/q;3*-1;+3. The molecule has 0 saturated heterocycles. The normalized spacial score (nSPS) is 6.89. The molecule has 0 aliphatic heterocycles. The molecular formula is C11H15N2O4Ru. The molecule has 7 heteroatoms. The van der Waals surface area contributed by atoms with Gasteiger partial charge in [0.25, 0.3) is 5.69 Å². The molecule has 0 aliphatic rings. The van der Waals surface area contributed by atoms with E-state index in [1.807, 2.05) is 0 Å². The average Bonchev–Trinajstić information content (AvgIpc) is 2.34. The first-order valence-corrected chi connectivity index (χ1v) is 4.32. The van der Waals surface area contributed by atoms with Gasteiger partial charge in [0.15, 0.2) is 0 Å². The van der Waals surface area contributed by atoms with Crippen LogP contribution in [0.4, 0.5) is 5.69 Å².